The molecule has 0 fully saturated rings. The molecular weight excluding hydrogens is 392 g/mol. The zero-order valence-corrected chi connectivity index (χ0v) is 18.2. The molecule has 0 atom stereocenters. The number of carbonyl (C=O) groups excluding carboxylic acids is 1. The average Bonchev–Trinajstić information content (AvgIpc) is 3.17. The zero-order chi connectivity index (χ0) is 22.0. The molecule has 8 heteroatoms. The monoisotopic (exact) mass is 420 g/mol. The molecule has 0 bridgehead atoms. The zero-order valence-electron chi connectivity index (χ0n) is 18.2. The first-order chi connectivity index (χ1) is 14.8. The number of hydrogen-bond acceptors (Lipinski definition) is 4. The van der Waals surface area contributed by atoms with E-state index in [-0.39, 0.29) is 17.0 Å². The van der Waals surface area contributed by atoms with Crippen LogP contribution in [0.15, 0.2) is 41.2 Å². The number of hydrogen-bond donors (Lipinski definition) is 3. The number of anilines is 1. The summed E-state index contributed by atoms with van der Waals surface area (Å²) in [6.07, 6.45) is 3.54. The Balaban J connectivity index is 1.63. The molecule has 0 aliphatic heterocycles. The Morgan fingerprint density at radius 2 is 1.90 bits per heavy atom. The number of H-pyrrole nitrogens is 1. The number of urea groups is 1. The molecule has 1 aromatic carbocycles. The van der Waals surface area contributed by atoms with Crippen molar-refractivity contribution >= 4 is 11.8 Å². The van der Waals surface area contributed by atoms with Crippen LogP contribution in [-0.4, -0.2) is 25.8 Å². The van der Waals surface area contributed by atoms with Crippen molar-refractivity contribution < 1.29 is 4.79 Å². The van der Waals surface area contributed by atoms with E-state index < -0.39 is 0 Å². The van der Waals surface area contributed by atoms with Gasteiger partial charge in [0.2, 0.25) is 5.95 Å². The van der Waals surface area contributed by atoms with Gasteiger partial charge in [-0.25, -0.2) is 9.78 Å². The summed E-state index contributed by atoms with van der Waals surface area (Å²) in [6, 6.07) is 11.2. The lowest BCUT2D eigenvalue weighted by Gasteiger charge is -2.16. The minimum atomic E-state index is -0.356. The third kappa shape index (κ3) is 4.68. The molecule has 2 amide bonds. The Labute approximate surface area is 181 Å². The number of nitrogens with zero attached hydrogens (tertiary/aromatic N) is 3. The van der Waals surface area contributed by atoms with Gasteiger partial charge >= 0.3 is 6.03 Å². The van der Waals surface area contributed by atoms with Crippen LogP contribution >= 0.6 is 0 Å². The second kappa shape index (κ2) is 8.37. The minimum Gasteiger partial charge on any atom is -0.334 e. The second-order valence-corrected chi connectivity index (χ2v) is 8.89. The smallest absolute Gasteiger partial charge is 0.320 e. The number of carbonyl (C=O) groups is 1. The van der Waals surface area contributed by atoms with Crippen LogP contribution in [0.3, 0.4) is 0 Å². The van der Waals surface area contributed by atoms with Crippen LogP contribution in [0, 0.1) is 0 Å². The summed E-state index contributed by atoms with van der Waals surface area (Å²) in [4.78, 5) is 32.7. The van der Waals surface area contributed by atoms with Gasteiger partial charge in [0.1, 0.15) is 5.82 Å². The van der Waals surface area contributed by atoms with Crippen LogP contribution in [0.2, 0.25) is 0 Å². The summed E-state index contributed by atoms with van der Waals surface area (Å²) < 4.78 is 1.51. The topological polar surface area (TPSA) is 105 Å². The molecule has 1 aliphatic rings. The number of amides is 2. The molecule has 162 valence electrons. The molecule has 31 heavy (non-hydrogen) atoms. The van der Waals surface area contributed by atoms with Crippen LogP contribution in [0.4, 0.5) is 10.6 Å². The standard InChI is InChI=1S/C23H28N6O2/c1-23(2,3)18-13-19(26-22(31)24-14-15-9-5-4-6-10-15)29(28-18)21-25-17-12-8-7-11-16(17)20(30)27-21/h4-6,9-10,13H,7-8,11-12,14H2,1-3H3,(H2,24,26,31)(H,25,27,30). The van der Waals surface area contributed by atoms with Gasteiger partial charge in [-0.2, -0.15) is 9.78 Å². The summed E-state index contributed by atoms with van der Waals surface area (Å²) in [5.74, 6) is 0.772. The van der Waals surface area contributed by atoms with Crippen LogP contribution in [0.1, 0.15) is 56.1 Å². The lowest BCUT2D eigenvalue weighted by molar-refractivity contribution is 0.251. The van der Waals surface area contributed by atoms with Gasteiger partial charge in [-0.15, -0.1) is 0 Å². The minimum absolute atomic E-state index is 0.132. The maximum Gasteiger partial charge on any atom is 0.320 e. The third-order valence-electron chi connectivity index (χ3n) is 5.39. The van der Waals surface area contributed by atoms with Crippen molar-refractivity contribution in [3.05, 3.63) is 69.3 Å². The summed E-state index contributed by atoms with van der Waals surface area (Å²) in [5.41, 5.74) is 2.99. The largest absolute Gasteiger partial charge is 0.334 e. The molecule has 2 aromatic heterocycles. The van der Waals surface area contributed by atoms with Gasteiger partial charge in [0.15, 0.2) is 0 Å². The van der Waals surface area contributed by atoms with Crippen LogP contribution in [0.5, 0.6) is 0 Å². The van der Waals surface area contributed by atoms with E-state index in [1.165, 1.54) is 4.68 Å². The van der Waals surface area contributed by atoms with Crippen molar-refractivity contribution in [2.45, 2.75) is 58.4 Å². The molecule has 1 aliphatic carbocycles. The number of benzene rings is 1. The molecule has 0 unspecified atom stereocenters. The van der Waals surface area contributed by atoms with E-state index in [9.17, 15) is 9.59 Å². The highest BCUT2D eigenvalue weighted by Gasteiger charge is 2.24. The van der Waals surface area contributed by atoms with Crippen molar-refractivity contribution in [3.63, 3.8) is 0 Å². The summed E-state index contributed by atoms with van der Waals surface area (Å²) in [5, 5.41) is 10.4. The lowest BCUT2D eigenvalue weighted by atomic mass is 9.92. The fourth-order valence-electron chi connectivity index (χ4n) is 3.63. The van der Waals surface area contributed by atoms with E-state index in [0.29, 0.717) is 18.3 Å². The summed E-state index contributed by atoms with van der Waals surface area (Å²) >= 11 is 0. The number of aromatic nitrogens is 4. The number of aryl methyl sites for hydroxylation is 1. The molecule has 3 aromatic rings. The summed E-state index contributed by atoms with van der Waals surface area (Å²) in [6.45, 7) is 6.53. The van der Waals surface area contributed by atoms with Crippen molar-refractivity contribution in [3.8, 4) is 5.95 Å². The number of nitrogens with one attached hydrogen (secondary N) is 3. The highest BCUT2D eigenvalue weighted by atomic mass is 16.2. The van der Waals surface area contributed by atoms with E-state index in [4.69, 9.17) is 0 Å². The van der Waals surface area contributed by atoms with Crippen molar-refractivity contribution in [1.29, 1.82) is 0 Å². The Hall–Kier alpha value is -3.42. The van der Waals surface area contributed by atoms with Gasteiger partial charge < -0.3 is 5.32 Å². The van der Waals surface area contributed by atoms with Crippen LogP contribution in [0.25, 0.3) is 5.95 Å². The molecule has 2 heterocycles. The maximum absolute atomic E-state index is 12.6. The normalized spacial score (nSPS) is 13.5. The molecule has 8 nitrogen and oxygen atoms in total. The number of aromatic amines is 1. The van der Waals surface area contributed by atoms with Gasteiger partial charge in [0.05, 0.1) is 11.4 Å². The molecule has 0 saturated carbocycles. The molecule has 0 saturated heterocycles. The fourth-order valence-corrected chi connectivity index (χ4v) is 3.63. The van der Waals surface area contributed by atoms with Crippen molar-refractivity contribution in [2.75, 3.05) is 5.32 Å². The number of rotatable bonds is 4. The van der Waals surface area contributed by atoms with Crippen molar-refractivity contribution in [2.24, 2.45) is 0 Å². The molecular formula is C23H28N6O2. The lowest BCUT2D eigenvalue weighted by Crippen LogP contribution is -2.30. The predicted octanol–water partition coefficient (Wildman–Crippen LogP) is 3.45. The third-order valence-corrected chi connectivity index (χ3v) is 5.39. The van der Waals surface area contributed by atoms with E-state index in [1.807, 2.05) is 57.2 Å². The highest BCUT2D eigenvalue weighted by Crippen LogP contribution is 2.26. The van der Waals surface area contributed by atoms with Gasteiger partial charge in [-0.05, 0) is 31.2 Å². The first kappa shape index (κ1) is 20.8. The quantitative estimate of drug-likeness (QED) is 0.601. The SMILES string of the molecule is CC(C)(C)c1cc(NC(=O)NCc2ccccc2)n(-c2nc3c(c(=O)[nH]2)CCCC3)n1. The Kier molecular flexibility index (Phi) is 5.63. The van der Waals surface area contributed by atoms with E-state index in [1.54, 1.807) is 0 Å². The van der Waals surface area contributed by atoms with E-state index >= 15 is 0 Å². The molecule has 0 radical (unpaired) electrons. The molecule has 3 N–H and O–H groups in total. The van der Waals surface area contributed by atoms with Gasteiger partial charge in [-0.1, -0.05) is 51.1 Å². The first-order valence-electron chi connectivity index (χ1n) is 10.6. The number of fused-ring (bicyclic) bond motifs is 1. The first-order valence-corrected chi connectivity index (χ1v) is 10.6. The molecule has 4 rings (SSSR count). The Morgan fingerprint density at radius 3 is 2.65 bits per heavy atom. The Morgan fingerprint density at radius 1 is 1.16 bits per heavy atom. The maximum atomic E-state index is 12.6. The fraction of sp³-hybridized carbons (Fsp3) is 0.391. The Bertz CT molecular complexity index is 1140. The average molecular weight is 421 g/mol. The summed E-state index contributed by atoms with van der Waals surface area (Å²) in [7, 11) is 0. The van der Waals surface area contributed by atoms with Crippen molar-refractivity contribution in [1.82, 2.24) is 25.1 Å². The van der Waals surface area contributed by atoms with E-state index in [0.717, 1.165) is 48.2 Å². The van der Waals surface area contributed by atoms with E-state index in [2.05, 4.69) is 25.7 Å². The molecule has 0 spiro atoms. The van der Waals surface area contributed by atoms with Gasteiger partial charge in [0, 0.05) is 23.6 Å². The second-order valence-electron chi connectivity index (χ2n) is 8.89. The highest BCUT2D eigenvalue weighted by molar-refractivity contribution is 5.88. The van der Waals surface area contributed by atoms with Gasteiger partial charge in [0.25, 0.3) is 5.56 Å². The predicted molar refractivity (Wildman–Crippen MR) is 120 cm³/mol. The van der Waals surface area contributed by atoms with Crippen LogP contribution < -0.4 is 16.2 Å². The van der Waals surface area contributed by atoms with Crippen LogP contribution in [-0.2, 0) is 24.8 Å². The van der Waals surface area contributed by atoms with Gasteiger partial charge in [-0.3, -0.25) is 15.1 Å².